The molecule has 0 amide bonds. The second-order valence-electron chi connectivity index (χ2n) is 5.18. The summed E-state index contributed by atoms with van der Waals surface area (Å²) in [5, 5.41) is 18.8. The van der Waals surface area contributed by atoms with Crippen molar-refractivity contribution in [3.63, 3.8) is 0 Å². The monoisotopic (exact) mass is 314 g/mol. The summed E-state index contributed by atoms with van der Waals surface area (Å²) < 4.78 is 10.9. The fourth-order valence-electron chi connectivity index (χ4n) is 2.86. The van der Waals surface area contributed by atoms with Crippen LogP contribution in [0.15, 0.2) is 42.5 Å². The molecule has 0 aliphatic carbocycles. The zero-order chi connectivity index (χ0) is 16.6. The highest BCUT2D eigenvalue weighted by Gasteiger charge is 2.42. The number of fused-ring (bicyclic) bond motifs is 2. The third-order valence-electron chi connectivity index (χ3n) is 3.89. The molecule has 0 bridgehead atoms. The van der Waals surface area contributed by atoms with Crippen LogP contribution in [0, 0.1) is 5.92 Å². The van der Waals surface area contributed by atoms with E-state index in [4.69, 9.17) is 9.47 Å². The summed E-state index contributed by atoms with van der Waals surface area (Å²) in [4.78, 5) is 23.1. The number of carbonyl (C=O) groups is 2. The molecule has 1 aliphatic heterocycles. The van der Waals surface area contributed by atoms with Crippen LogP contribution >= 0.6 is 0 Å². The molecular weight excluding hydrogens is 300 g/mol. The van der Waals surface area contributed by atoms with Crippen molar-refractivity contribution in [3.8, 4) is 17.2 Å². The van der Waals surface area contributed by atoms with Crippen molar-refractivity contribution >= 4 is 11.9 Å². The van der Waals surface area contributed by atoms with Gasteiger partial charge in [-0.05, 0) is 24.3 Å². The lowest BCUT2D eigenvalue weighted by Crippen LogP contribution is -2.32. The summed E-state index contributed by atoms with van der Waals surface area (Å²) in [6.07, 6.45) is 0. The number of carboxylic acids is 2. The first-order valence-corrected chi connectivity index (χ1v) is 6.93. The normalized spacial score (nSPS) is 15.3. The number of ether oxygens (including phenoxy) is 2. The first-order chi connectivity index (χ1) is 11.0. The van der Waals surface area contributed by atoms with Gasteiger partial charge in [0, 0.05) is 17.0 Å². The average molecular weight is 314 g/mol. The van der Waals surface area contributed by atoms with Crippen LogP contribution in [0.2, 0.25) is 0 Å². The van der Waals surface area contributed by atoms with Crippen LogP contribution in [0.1, 0.15) is 17.0 Å². The summed E-state index contributed by atoms with van der Waals surface area (Å²) in [5.74, 6) is -3.87. The van der Waals surface area contributed by atoms with Gasteiger partial charge in [-0.3, -0.25) is 9.59 Å². The maximum absolute atomic E-state index is 11.6. The van der Waals surface area contributed by atoms with Gasteiger partial charge in [-0.25, -0.2) is 0 Å². The number of para-hydroxylation sites is 1. The molecule has 1 heterocycles. The summed E-state index contributed by atoms with van der Waals surface area (Å²) in [6, 6.07) is 11.8. The highest BCUT2D eigenvalue weighted by molar-refractivity contribution is 5.95. The number of aliphatic carboxylic acids is 2. The molecule has 2 N–H and O–H groups in total. The lowest BCUT2D eigenvalue weighted by molar-refractivity contribution is -0.155. The Kier molecular flexibility index (Phi) is 3.65. The minimum atomic E-state index is -1.62. The van der Waals surface area contributed by atoms with Crippen molar-refractivity contribution in [3.05, 3.63) is 53.6 Å². The van der Waals surface area contributed by atoms with Crippen molar-refractivity contribution in [2.24, 2.45) is 5.92 Å². The standard InChI is InChI=1S/C17H14O6/c1-22-9-6-7-13-11(8-9)14(15(16(18)19)17(20)21)10-4-2-3-5-12(10)23-13/h2-8,14-15H,1H3,(H,18,19)(H,20,21)/t14-/m1/s1. The summed E-state index contributed by atoms with van der Waals surface area (Å²) in [7, 11) is 1.49. The molecule has 0 saturated heterocycles. The zero-order valence-corrected chi connectivity index (χ0v) is 12.2. The molecule has 3 rings (SSSR count). The van der Waals surface area contributed by atoms with Crippen LogP contribution in [0.25, 0.3) is 0 Å². The minimum absolute atomic E-state index is 0.432. The molecule has 0 aromatic heterocycles. The van der Waals surface area contributed by atoms with E-state index in [0.29, 0.717) is 28.4 Å². The van der Waals surface area contributed by atoms with Crippen molar-refractivity contribution in [1.82, 2.24) is 0 Å². The number of rotatable bonds is 4. The Labute approximate surface area is 131 Å². The fraction of sp³-hybridized carbons (Fsp3) is 0.176. The largest absolute Gasteiger partial charge is 0.497 e. The zero-order valence-electron chi connectivity index (χ0n) is 12.2. The third kappa shape index (κ3) is 2.48. The fourth-order valence-corrected chi connectivity index (χ4v) is 2.86. The molecule has 1 aliphatic rings. The first-order valence-electron chi connectivity index (χ1n) is 6.93. The number of carboxylic acid groups (broad SMARTS) is 2. The Bertz CT molecular complexity index is 768. The number of benzene rings is 2. The Morgan fingerprint density at radius 1 is 1.04 bits per heavy atom. The van der Waals surface area contributed by atoms with Crippen molar-refractivity contribution < 1.29 is 29.3 Å². The van der Waals surface area contributed by atoms with E-state index in [1.165, 1.54) is 7.11 Å². The average Bonchev–Trinajstić information content (AvgIpc) is 2.53. The molecule has 6 nitrogen and oxygen atoms in total. The van der Waals surface area contributed by atoms with E-state index < -0.39 is 23.8 Å². The van der Waals surface area contributed by atoms with E-state index in [-0.39, 0.29) is 0 Å². The molecule has 0 saturated carbocycles. The van der Waals surface area contributed by atoms with Crippen LogP contribution in [0.3, 0.4) is 0 Å². The van der Waals surface area contributed by atoms with Gasteiger partial charge in [0.25, 0.3) is 0 Å². The van der Waals surface area contributed by atoms with E-state index in [1.54, 1.807) is 42.5 Å². The van der Waals surface area contributed by atoms with Gasteiger partial charge in [0.1, 0.15) is 17.2 Å². The van der Waals surface area contributed by atoms with Crippen LogP contribution in [0.5, 0.6) is 17.2 Å². The summed E-state index contributed by atoms with van der Waals surface area (Å²) >= 11 is 0. The first kappa shape index (κ1) is 14.9. The molecular formula is C17H14O6. The molecule has 118 valence electrons. The van der Waals surface area contributed by atoms with E-state index in [1.807, 2.05) is 0 Å². The van der Waals surface area contributed by atoms with E-state index in [9.17, 15) is 19.8 Å². The Balaban J connectivity index is 2.24. The molecule has 0 unspecified atom stereocenters. The Morgan fingerprint density at radius 2 is 1.70 bits per heavy atom. The van der Waals surface area contributed by atoms with E-state index in [0.717, 1.165) is 0 Å². The van der Waals surface area contributed by atoms with Gasteiger partial charge in [-0.15, -0.1) is 0 Å². The van der Waals surface area contributed by atoms with Crippen LogP contribution in [-0.4, -0.2) is 29.3 Å². The maximum atomic E-state index is 11.6. The highest BCUT2D eigenvalue weighted by Crippen LogP contribution is 2.48. The number of hydrogen-bond donors (Lipinski definition) is 2. The summed E-state index contributed by atoms with van der Waals surface area (Å²) in [6.45, 7) is 0. The minimum Gasteiger partial charge on any atom is -0.497 e. The lowest BCUT2D eigenvalue weighted by Gasteiger charge is -2.30. The molecule has 0 radical (unpaired) electrons. The second kappa shape index (κ2) is 5.64. The topological polar surface area (TPSA) is 93.1 Å². The number of methoxy groups -OCH3 is 1. The van der Waals surface area contributed by atoms with Gasteiger partial charge in [-0.1, -0.05) is 18.2 Å². The quantitative estimate of drug-likeness (QED) is 0.843. The van der Waals surface area contributed by atoms with E-state index in [2.05, 4.69) is 0 Å². The van der Waals surface area contributed by atoms with Gasteiger partial charge < -0.3 is 19.7 Å². The number of hydrogen-bond acceptors (Lipinski definition) is 4. The molecule has 0 spiro atoms. The van der Waals surface area contributed by atoms with Gasteiger partial charge in [0.2, 0.25) is 0 Å². The lowest BCUT2D eigenvalue weighted by atomic mass is 9.78. The van der Waals surface area contributed by atoms with Crippen molar-refractivity contribution in [2.45, 2.75) is 5.92 Å². The summed E-state index contributed by atoms with van der Waals surface area (Å²) in [5.41, 5.74) is 1.01. The smallest absolute Gasteiger partial charge is 0.318 e. The predicted molar refractivity (Wildman–Crippen MR) is 80.1 cm³/mol. The SMILES string of the molecule is COc1ccc2c(c1)[C@H](C(C(=O)O)C(=O)O)c1ccccc1O2. The second-order valence-corrected chi connectivity index (χ2v) is 5.18. The molecule has 2 aromatic rings. The predicted octanol–water partition coefficient (Wildman–Crippen LogP) is 2.72. The Morgan fingerprint density at radius 3 is 2.35 bits per heavy atom. The molecule has 6 heteroatoms. The molecule has 23 heavy (non-hydrogen) atoms. The Hall–Kier alpha value is -3.02. The van der Waals surface area contributed by atoms with Gasteiger partial charge in [-0.2, -0.15) is 0 Å². The molecule has 2 aromatic carbocycles. The van der Waals surface area contributed by atoms with Crippen molar-refractivity contribution in [2.75, 3.05) is 7.11 Å². The van der Waals surface area contributed by atoms with Gasteiger partial charge in [0.15, 0.2) is 5.92 Å². The molecule has 1 atom stereocenters. The van der Waals surface area contributed by atoms with Gasteiger partial charge in [0.05, 0.1) is 7.11 Å². The van der Waals surface area contributed by atoms with Crippen LogP contribution in [0.4, 0.5) is 0 Å². The van der Waals surface area contributed by atoms with Crippen LogP contribution < -0.4 is 9.47 Å². The maximum Gasteiger partial charge on any atom is 0.318 e. The third-order valence-corrected chi connectivity index (χ3v) is 3.89. The van der Waals surface area contributed by atoms with Crippen molar-refractivity contribution in [1.29, 1.82) is 0 Å². The van der Waals surface area contributed by atoms with Crippen LogP contribution in [-0.2, 0) is 9.59 Å². The van der Waals surface area contributed by atoms with Gasteiger partial charge >= 0.3 is 11.9 Å². The molecule has 0 fully saturated rings. The highest BCUT2D eigenvalue weighted by atomic mass is 16.5. The van der Waals surface area contributed by atoms with E-state index >= 15 is 0 Å².